The molecule has 2 amide bonds. The first-order valence-electron chi connectivity index (χ1n) is 11.0. The summed E-state index contributed by atoms with van der Waals surface area (Å²) >= 11 is 1.22. The van der Waals surface area contributed by atoms with E-state index in [0.717, 1.165) is 18.4 Å². The Morgan fingerprint density at radius 3 is 2.28 bits per heavy atom. The maximum atomic E-state index is 13.0. The van der Waals surface area contributed by atoms with Gasteiger partial charge in [0.05, 0.1) is 0 Å². The highest BCUT2D eigenvalue weighted by atomic mass is 32.2. The summed E-state index contributed by atoms with van der Waals surface area (Å²) in [6.45, 7) is 3.91. The molecular weight excluding hydrogens is 446 g/mol. The van der Waals surface area contributed by atoms with Gasteiger partial charge in [0.15, 0.2) is 0 Å². The van der Waals surface area contributed by atoms with Crippen molar-refractivity contribution in [2.45, 2.75) is 42.9 Å². The fraction of sp³-hybridized carbons (Fsp3) is 0.478. The predicted molar refractivity (Wildman–Crippen MR) is 124 cm³/mol. The molecule has 3 heterocycles. The number of carbonyl (C=O) groups is 2. The minimum absolute atomic E-state index is 0.0592. The molecule has 2 aliphatic rings. The highest BCUT2D eigenvalue weighted by Gasteiger charge is 2.35. The molecule has 0 radical (unpaired) electrons. The van der Waals surface area contributed by atoms with E-state index in [4.69, 9.17) is 0 Å². The van der Waals surface area contributed by atoms with Crippen molar-refractivity contribution in [3.8, 4) is 0 Å². The number of amides is 2. The van der Waals surface area contributed by atoms with Crippen LogP contribution < -0.4 is 5.32 Å². The Bertz CT molecular complexity index is 1050. The summed E-state index contributed by atoms with van der Waals surface area (Å²) in [5, 5.41) is 4.86. The molecule has 1 N–H and O–H groups in total. The number of hydrogen-bond acceptors (Lipinski definition) is 5. The zero-order valence-corrected chi connectivity index (χ0v) is 19.8. The quantitative estimate of drug-likeness (QED) is 0.720. The van der Waals surface area contributed by atoms with Crippen LogP contribution in [0, 0.1) is 12.8 Å². The first-order valence-corrected chi connectivity index (χ1v) is 13.4. The lowest BCUT2D eigenvalue weighted by atomic mass is 9.94. The molecule has 2 aromatic rings. The van der Waals surface area contributed by atoms with Gasteiger partial charge in [-0.2, -0.15) is 4.31 Å². The van der Waals surface area contributed by atoms with Crippen LogP contribution in [0.15, 0.2) is 46.0 Å². The van der Waals surface area contributed by atoms with Crippen LogP contribution in [0.1, 0.15) is 41.6 Å². The van der Waals surface area contributed by atoms with E-state index >= 15 is 0 Å². The molecule has 4 rings (SSSR count). The Morgan fingerprint density at radius 1 is 0.969 bits per heavy atom. The lowest BCUT2D eigenvalue weighted by Crippen LogP contribution is -2.49. The number of likely N-dealkylation sites (tertiary alicyclic amines) is 1. The summed E-state index contributed by atoms with van der Waals surface area (Å²) in [5.41, 5.74) is 1.64. The van der Waals surface area contributed by atoms with Crippen molar-refractivity contribution in [3.05, 3.63) is 52.9 Å². The molecule has 1 aromatic carbocycles. The molecule has 7 nitrogen and oxygen atoms in total. The Hall–Kier alpha value is -2.23. The van der Waals surface area contributed by atoms with E-state index in [2.05, 4.69) is 5.32 Å². The van der Waals surface area contributed by atoms with Crippen LogP contribution in [0.3, 0.4) is 0 Å². The van der Waals surface area contributed by atoms with Gasteiger partial charge in [-0.1, -0.05) is 24.3 Å². The van der Waals surface area contributed by atoms with Gasteiger partial charge in [0, 0.05) is 43.7 Å². The second-order valence-electron chi connectivity index (χ2n) is 8.50. The van der Waals surface area contributed by atoms with Gasteiger partial charge in [0.1, 0.15) is 4.21 Å². The lowest BCUT2D eigenvalue weighted by Gasteiger charge is -2.37. The van der Waals surface area contributed by atoms with Gasteiger partial charge >= 0.3 is 0 Å². The molecule has 0 aliphatic carbocycles. The number of thiophene rings is 1. The first-order chi connectivity index (χ1) is 15.4. The van der Waals surface area contributed by atoms with Crippen LogP contribution in [0.5, 0.6) is 0 Å². The summed E-state index contributed by atoms with van der Waals surface area (Å²) in [7, 11) is -3.45. The van der Waals surface area contributed by atoms with Gasteiger partial charge in [-0.15, -0.1) is 11.3 Å². The molecule has 172 valence electrons. The smallest absolute Gasteiger partial charge is 0.252 e. The number of carbonyl (C=O) groups excluding carboxylic acids is 2. The standard InChI is InChI=1S/C23H29N3O4S2/c1-17-5-2-3-6-20(17)22(27)24-19-10-12-25(13-11-19)23(28)18-8-14-26(15-9-18)32(29,30)21-7-4-16-31-21/h2-7,16,18-19H,8-15H2,1H3,(H,24,27). The minimum Gasteiger partial charge on any atom is -0.349 e. The number of nitrogens with zero attached hydrogens (tertiary/aromatic N) is 2. The zero-order valence-electron chi connectivity index (χ0n) is 18.2. The summed E-state index contributed by atoms with van der Waals surface area (Å²) in [6, 6.07) is 10.9. The molecule has 0 atom stereocenters. The molecular formula is C23H29N3O4S2. The number of hydrogen-bond donors (Lipinski definition) is 1. The first kappa shape index (κ1) is 22.9. The third kappa shape index (κ3) is 4.89. The maximum Gasteiger partial charge on any atom is 0.252 e. The topological polar surface area (TPSA) is 86.8 Å². The largest absolute Gasteiger partial charge is 0.349 e. The molecule has 0 bridgehead atoms. The van der Waals surface area contributed by atoms with E-state index in [1.165, 1.54) is 15.6 Å². The molecule has 0 spiro atoms. The van der Waals surface area contributed by atoms with Crippen LogP contribution in [-0.4, -0.2) is 61.7 Å². The summed E-state index contributed by atoms with van der Waals surface area (Å²) in [4.78, 5) is 27.4. The van der Waals surface area contributed by atoms with E-state index in [1.807, 2.05) is 36.1 Å². The van der Waals surface area contributed by atoms with Crippen LogP contribution in [0.4, 0.5) is 0 Å². The van der Waals surface area contributed by atoms with Crippen LogP contribution in [0.25, 0.3) is 0 Å². The fourth-order valence-electron chi connectivity index (χ4n) is 4.47. The number of sulfonamides is 1. The van der Waals surface area contributed by atoms with Gasteiger partial charge < -0.3 is 10.2 Å². The van der Waals surface area contributed by atoms with Crippen LogP contribution >= 0.6 is 11.3 Å². The summed E-state index contributed by atoms with van der Waals surface area (Å²) < 4.78 is 27.2. The van der Waals surface area contributed by atoms with Gasteiger partial charge in [0.25, 0.3) is 15.9 Å². The Balaban J connectivity index is 1.25. The molecule has 32 heavy (non-hydrogen) atoms. The van der Waals surface area contributed by atoms with E-state index in [0.29, 0.717) is 48.8 Å². The van der Waals surface area contributed by atoms with Crippen molar-refractivity contribution < 1.29 is 18.0 Å². The van der Waals surface area contributed by atoms with E-state index in [9.17, 15) is 18.0 Å². The maximum absolute atomic E-state index is 13.0. The van der Waals surface area contributed by atoms with Crippen molar-refractivity contribution in [3.63, 3.8) is 0 Å². The molecule has 2 aliphatic heterocycles. The Morgan fingerprint density at radius 2 is 1.66 bits per heavy atom. The second-order valence-corrected chi connectivity index (χ2v) is 11.6. The molecule has 0 unspecified atom stereocenters. The highest BCUT2D eigenvalue weighted by Crippen LogP contribution is 2.28. The van der Waals surface area contributed by atoms with Crippen molar-refractivity contribution in [2.24, 2.45) is 5.92 Å². The van der Waals surface area contributed by atoms with Gasteiger partial charge in [-0.25, -0.2) is 8.42 Å². The number of nitrogens with one attached hydrogen (secondary N) is 1. The number of benzene rings is 1. The lowest BCUT2D eigenvalue weighted by molar-refractivity contribution is -0.137. The average Bonchev–Trinajstić information content (AvgIpc) is 3.35. The van der Waals surface area contributed by atoms with E-state index < -0.39 is 10.0 Å². The van der Waals surface area contributed by atoms with Crippen molar-refractivity contribution in [2.75, 3.05) is 26.2 Å². The predicted octanol–water partition coefficient (Wildman–Crippen LogP) is 2.88. The molecule has 2 saturated heterocycles. The van der Waals surface area contributed by atoms with Crippen molar-refractivity contribution >= 4 is 33.2 Å². The molecule has 9 heteroatoms. The third-order valence-corrected chi connectivity index (χ3v) is 9.70. The zero-order chi connectivity index (χ0) is 22.7. The number of rotatable bonds is 5. The molecule has 1 aromatic heterocycles. The van der Waals surface area contributed by atoms with E-state index in [-0.39, 0.29) is 23.8 Å². The number of aryl methyl sites for hydroxylation is 1. The van der Waals surface area contributed by atoms with Crippen molar-refractivity contribution in [1.82, 2.24) is 14.5 Å². The van der Waals surface area contributed by atoms with Crippen LogP contribution in [-0.2, 0) is 14.8 Å². The fourth-order valence-corrected chi connectivity index (χ4v) is 7.09. The Kier molecular flexibility index (Phi) is 6.97. The normalized spacial score (nSPS) is 19.1. The number of piperidine rings is 2. The SMILES string of the molecule is Cc1ccccc1C(=O)NC1CCN(C(=O)C2CCN(S(=O)(=O)c3cccs3)CC2)CC1. The second kappa shape index (κ2) is 9.72. The van der Waals surface area contributed by atoms with Gasteiger partial charge in [-0.3, -0.25) is 9.59 Å². The average molecular weight is 476 g/mol. The van der Waals surface area contributed by atoms with Crippen LogP contribution in [0.2, 0.25) is 0 Å². The summed E-state index contributed by atoms with van der Waals surface area (Å²) in [5.74, 6) is -0.0862. The third-order valence-electron chi connectivity index (χ3n) is 6.42. The van der Waals surface area contributed by atoms with Gasteiger partial charge in [0.2, 0.25) is 5.91 Å². The van der Waals surface area contributed by atoms with E-state index in [1.54, 1.807) is 17.5 Å². The molecule has 2 fully saturated rings. The minimum atomic E-state index is -3.45. The van der Waals surface area contributed by atoms with Gasteiger partial charge in [-0.05, 0) is 55.7 Å². The Labute approximate surface area is 193 Å². The highest BCUT2D eigenvalue weighted by molar-refractivity contribution is 7.91. The molecule has 0 saturated carbocycles. The van der Waals surface area contributed by atoms with Crippen molar-refractivity contribution in [1.29, 1.82) is 0 Å². The monoisotopic (exact) mass is 475 g/mol. The summed E-state index contributed by atoms with van der Waals surface area (Å²) in [6.07, 6.45) is 2.56.